The number of rotatable bonds is 4. The van der Waals surface area contributed by atoms with Crippen LogP contribution in [0.3, 0.4) is 0 Å². The molecule has 3 aromatic rings. The van der Waals surface area contributed by atoms with E-state index in [4.69, 9.17) is 16.1 Å². The lowest BCUT2D eigenvalue weighted by Gasteiger charge is -2.01. The van der Waals surface area contributed by atoms with Crippen molar-refractivity contribution in [3.8, 4) is 21.8 Å². The van der Waals surface area contributed by atoms with Gasteiger partial charge in [-0.3, -0.25) is 5.41 Å². The van der Waals surface area contributed by atoms with Gasteiger partial charge in [-0.15, -0.1) is 34.4 Å². The summed E-state index contributed by atoms with van der Waals surface area (Å²) in [6.07, 6.45) is 2.04. The zero-order chi connectivity index (χ0) is 15.7. The van der Waals surface area contributed by atoms with Crippen LogP contribution in [0.15, 0.2) is 39.9 Å². The van der Waals surface area contributed by atoms with E-state index in [1.165, 1.54) is 5.56 Å². The summed E-state index contributed by atoms with van der Waals surface area (Å²) in [4.78, 5) is 5.59. The molecule has 6 heteroatoms. The van der Waals surface area contributed by atoms with E-state index in [9.17, 15) is 0 Å². The number of amidine groups is 1. The van der Waals surface area contributed by atoms with Crippen LogP contribution in [-0.4, -0.2) is 17.1 Å². The second-order valence-corrected chi connectivity index (χ2v) is 7.77. The van der Waals surface area contributed by atoms with Crippen molar-refractivity contribution in [3.63, 3.8) is 0 Å². The number of hydrogen-bond acceptors (Lipinski definition) is 5. The zero-order valence-electron chi connectivity index (χ0n) is 12.2. The molecule has 22 heavy (non-hydrogen) atoms. The third-order valence-electron chi connectivity index (χ3n) is 3.30. The van der Waals surface area contributed by atoms with Crippen LogP contribution in [0.5, 0.6) is 0 Å². The highest BCUT2D eigenvalue weighted by Gasteiger charge is 2.16. The minimum atomic E-state index is 0.113. The van der Waals surface area contributed by atoms with Crippen LogP contribution in [0.4, 0.5) is 0 Å². The Hall–Kier alpha value is -1.63. The van der Waals surface area contributed by atoms with E-state index in [1.54, 1.807) is 34.4 Å². The fourth-order valence-electron chi connectivity index (χ4n) is 2.19. The first-order valence-electron chi connectivity index (χ1n) is 6.64. The van der Waals surface area contributed by atoms with Crippen LogP contribution in [0.25, 0.3) is 21.8 Å². The Morgan fingerprint density at radius 1 is 1.27 bits per heavy atom. The number of thiazole rings is 1. The molecule has 0 aliphatic rings. The predicted octanol–water partition coefficient (Wildman–Crippen LogP) is 4.85. The molecule has 0 saturated carbocycles. The van der Waals surface area contributed by atoms with Gasteiger partial charge < -0.3 is 5.73 Å². The standard InChI is InChI=1S/C16H15N3S3/c1-9-5-3-4-6-10(9)12-8-21-15(19-12)11-7-13(14(17)18)22-16(11)20-2/h3-8H,1-2H3,(H3,17,18). The lowest BCUT2D eigenvalue weighted by molar-refractivity contribution is 1.36. The van der Waals surface area contributed by atoms with E-state index in [0.717, 1.165) is 30.9 Å². The van der Waals surface area contributed by atoms with Crippen molar-refractivity contribution in [2.45, 2.75) is 11.1 Å². The third-order valence-corrected chi connectivity index (χ3v) is 6.48. The monoisotopic (exact) mass is 345 g/mol. The molecule has 0 fully saturated rings. The number of thioether (sulfide) groups is 1. The van der Waals surface area contributed by atoms with E-state index in [0.29, 0.717) is 0 Å². The van der Waals surface area contributed by atoms with Gasteiger partial charge in [0.2, 0.25) is 0 Å². The van der Waals surface area contributed by atoms with Crippen LogP contribution in [0.1, 0.15) is 10.4 Å². The van der Waals surface area contributed by atoms with Crippen molar-refractivity contribution in [3.05, 3.63) is 46.2 Å². The van der Waals surface area contributed by atoms with Crippen LogP contribution in [-0.2, 0) is 0 Å². The number of benzene rings is 1. The van der Waals surface area contributed by atoms with Gasteiger partial charge in [0.1, 0.15) is 10.8 Å². The maximum Gasteiger partial charge on any atom is 0.133 e. The van der Waals surface area contributed by atoms with Gasteiger partial charge in [0.15, 0.2) is 0 Å². The molecule has 0 spiro atoms. The van der Waals surface area contributed by atoms with Crippen molar-refractivity contribution in [1.82, 2.24) is 4.98 Å². The Labute approximate surface area is 141 Å². The summed E-state index contributed by atoms with van der Waals surface area (Å²) in [5.74, 6) is 0.113. The van der Waals surface area contributed by atoms with Gasteiger partial charge in [-0.2, -0.15) is 0 Å². The van der Waals surface area contributed by atoms with Crippen molar-refractivity contribution in [2.24, 2.45) is 5.73 Å². The van der Waals surface area contributed by atoms with Crippen molar-refractivity contribution in [1.29, 1.82) is 5.41 Å². The molecule has 0 aliphatic heterocycles. The van der Waals surface area contributed by atoms with Crippen LogP contribution in [0.2, 0.25) is 0 Å². The largest absolute Gasteiger partial charge is 0.383 e. The van der Waals surface area contributed by atoms with Crippen LogP contribution >= 0.6 is 34.4 Å². The van der Waals surface area contributed by atoms with Crippen molar-refractivity contribution in [2.75, 3.05) is 6.26 Å². The summed E-state index contributed by atoms with van der Waals surface area (Å²) in [6, 6.07) is 10.2. The van der Waals surface area contributed by atoms with E-state index < -0.39 is 0 Å². The molecule has 1 aromatic carbocycles. The number of nitrogens with zero attached hydrogens (tertiary/aromatic N) is 1. The highest BCUT2D eigenvalue weighted by Crippen LogP contribution is 2.40. The summed E-state index contributed by atoms with van der Waals surface area (Å²) < 4.78 is 1.15. The van der Waals surface area contributed by atoms with Crippen molar-refractivity contribution < 1.29 is 0 Å². The number of aryl methyl sites for hydroxylation is 1. The lowest BCUT2D eigenvalue weighted by atomic mass is 10.1. The molecule has 3 N–H and O–H groups in total. The van der Waals surface area contributed by atoms with E-state index in [-0.39, 0.29) is 5.84 Å². The molecule has 0 aliphatic carbocycles. The number of hydrogen-bond donors (Lipinski definition) is 2. The summed E-state index contributed by atoms with van der Waals surface area (Å²) in [7, 11) is 0. The maximum absolute atomic E-state index is 7.61. The fourth-order valence-corrected chi connectivity index (χ4v) is 4.89. The first-order chi connectivity index (χ1) is 10.6. The van der Waals surface area contributed by atoms with Crippen LogP contribution in [0, 0.1) is 12.3 Å². The molecular weight excluding hydrogens is 330 g/mol. The van der Waals surface area contributed by atoms with Gasteiger partial charge in [0.25, 0.3) is 0 Å². The Kier molecular flexibility index (Phi) is 4.33. The molecule has 0 radical (unpaired) electrons. The Bertz CT molecular complexity index is 833. The molecule has 0 atom stereocenters. The average molecular weight is 346 g/mol. The molecule has 0 unspecified atom stereocenters. The second-order valence-electron chi connectivity index (χ2n) is 4.78. The van der Waals surface area contributed by atoms with Crippen LogP contribution < -0.4 is 5.73 Å². The molecule has 0 bridgehead atoms. The molecule has 2 aromatic heterocycles. The lowest BCUT2D eigenvalue weighted by Crippen LogP contribution is -2.08. The van der Waals surface area contributed by atoms with E-state index >= 15 is 0 Å². The molecular formula is C16H15N3S3. The third kappa shape index (κ3) is 2.82. The van der Waals surface area contributed by atoms with E-state index in [2.05, 4.69) is 24.4 Å². The fraction of sp³-hybridized carbons (Fsp3) is 0.125. The smallest absolute Gasteiger partial charge is 0.133 e. The summed E-state index contributed by atoms with van der Waals surface area (Å²) >= 11 is 4.85. The van der Waals surface area contributed by atoms with Crippen molar-refractivity contribution >= 4 is 40.3 Å². The Morgan fingerprint density at radius 3 is 2.73 bits per heavy atom. The van der Waals surface area contributed by atoms with Gasteiger partial charge >= 0.3 is 0 Å². The summed E-state index contributed by atoms with van der Waals surface area (Å²) in [5, 5.41) is 10.7. The van der Waals surface area contributed by atoms with Gasteiger partial charge in [0.05, 0.1) is 14.8 Å². The molecule has 0 saturated heterocycles. The van der Waals surface area contributed by atoms with Gasteiger partial charge in [-0.25, -0.2) is 4.98 Å². The molecule has 3 rings (SSSR count). The molecule has 2 heterocycles. The minimum Gasteiger partial charge on any atom is -0.383 e. The molecule has 0 amide bonds. The summed E-state index contributed by atoms with van der Waals surface area (Å²) in [6.45, 7) is 2.10. The first-order valence-corrected chi connectivity index (χ1v) is 9.56. The topological polar surface area (TPSA) is 62.8 Å². The second kappa shape index (κ2) is 6.24. The average Bonchev–Trinajstić information content (AvgIpc) is 3.14. The number of nitrogens with one attached hydrogen (secondary N) is 1. The zero-order valence-corrected chi connectivity index (χ0v) is 14.7. The number of nitrogens with two attached hydrogens (primary N) is 1. The summed E-state index contributed by atoms with van der Waals surface area (Å²) in [5.41, 5.74) is 10.1. The molecule has 112 valence electrons. The number of nitrogen functional groups attached to an aromatic ring is 1. The number of aromatic nitrogens is 1. The normalized spacial score (nSPS) is 10.8. The first kappa shape index (κ1) is 15.3. The Balaban J connectivity index is 2.04. The highest BCUT2D eigenvalue weighted by atomic mass is 32.2. The van der Waals surface area contributed by atoms with E-state index in [1.807, 2.05) is 24.5 Å². The van der Waals surface area contributed by atoms with Gasteiger partial charge in [-0.05, 0) is 24.8 Å². The van der Waals surface area contributed by atoms with Gasteiger partial charge in [0, 0.05) is 16.5 Å². The quantitative estimate of drug-likeness (QED) is 0.403. The highest BCUT2D eigenvalue weighted by molar-refractivity contribution is 8.00. The van der Waals surface area contributed by atoms with Gasteiger partial charge in [-0.1, -0.05) is 24.3 Å². The molecule has 3 nitrogen and oxygen atoms in total. The Morgan fingerprint density at radius 2 is 2.05 bits per heavy atom. The maximum atomic E-state index is 7.61. The predicted molar refractivity (Wildman–Crippen MR) is 98.4 cm³/mol. The SMILES string of the molecule is CSc1sc(C(=N)N)cc1-c1nc(-c2ccccc2C)cs1. The minimum absolute atomic E-state index is 0.113. The number of thiophene rings is 1.